The van der Waals surface area contributed by atoms with Gasteiger partial charge in [-0.2, -0.15) is 9.97 Å². The van der Waals surface area contributed by atoms with Crippen LogP contribution in [0.2, 0.25) is 0 Å². The quantitative estimate of drug-likeness (QED) is 0.346. The summed E-state index contributed by atoms with van der Waals surface area (Å²) in [5.41, 5.74) is 5.22. The van der Waals surface area contributed by atoms with Gasteiger partial charge in [-0.05, 0) is 57.2 Å². The number of rotatable bonds is 8. The highest BCUT2D eigenvalue weighted by molar-refractivity contribution is 5.87. The average molecular weight is 615 g/mol. The number of amides is 1. The molecule has 10 nitrogen and oxygen atoms in total. The maximum atomic E-state index is 12.6. The van der Waals surface area contributed by atoms with Gasteiger partial charge in [0, 0.05) is 74.2 Å². The summed E-state index contributed by atoms with van der Waals surface area (Å²) in [6, 6.07) is 4.12. The molecule has 1 aliphatic carbocycles. The number of allylic oxidation sites excluding steroid dienone is 2. The van der Waals surface area contributed by atoms with Crippen molar-refractivity contribution >= 4 is 29.6 Å². The molecule has 3 aliphatic heterocycles. The fourth-order valence-electron chi connectivity index (χ4n) is 7.06. The van der Waals surface area contributed by atoms with Crippen molar-refractivity contribution in [2.45, 2.75) is 58.2 Å². The Balaban J connectivity index is 1.28. The Kier molecular flexibility index (Phi) is 9.70. The third-order valence-corrected chi connectivity index (χ3v) is 9.22. The Morgan fingerprint density at radius 2 is 1.82 bits per heavy atom. The van der Waals surface area contributed by atoms with E-state index in [1.165, 1.54) is 6.08 Å². The van der Waals surface area contributed by atoms with Crippen LogP contribution in [0.4, 0.5) is 11.5 Å². The van der Waals surface area contributed by atoms with E-state index in [9.17, 15) is 9.90 Å². The Bertz CT molecular complexity index is 1440. The second-order valence-electron chi connectivity index (χ2n) is 12.5. The van der Waals surface area contributed by atoms with Gasteiger partial charge in [0.1, 0.15) is 11.6 Å². The largest absolute Gasteiger partial charge is 0.508 e. The summed E-state index contributed by atoms with van der Waals surface area (Å²) in [7, 11) is 0. The topological polar surface area (TPSA) is 94.5 Å². The van der Waals surface area contributed by atoms with Crippen LogP contribution in [0.15, 0.2) is 36.9 Å². The minimum absolute atomic E-state index is 0.00881. The number of piperazine rings is 1. The second-order valence-corrected chi connectivity index (χ2v) is 12.5. The van der Waals surface area contributed by atoms with E-state index >= 15 is 0 Å². The molecule has 6 rings (SSSR count). The maximum absolute atomic E-state index is 12.6. The molecule has 10 heteroatoms. The first-order valence-electron chi connectivity index (χ1n) is 16.4. The average Bonchev–Trinajstić information content (AvgIpc) is 3.03. The summed E-state index contributed by atoms with van der Waals surface area (Å²) in [5.74, 6) is 1.13. The van der Waals surface area contributed by atoms with Crippen molar-refractivity contribution in [3.05, 3.63) is 59.3 Å². The number of nitrogens with zero attached hydrogens (tertiary/aromatic N) is 6. The first kappa shape index (κ1) is 31.1. The van der Waals surface area contributed by atoms with Crippen LogP contribution >= 0.6 is 0 Å². The third kappa shape index (κ3) is 7.02. The highest BCUT2D eigenvalue weighted by atomic mass is 16.5. The van der Waals surface area contributed by atoms with Gasteiger partial charge in [0.25, 0.3) is 0 Å². The number of benzene rings is 1. The molecule has 1 N–H and O–H groups in total. The van der Waals surface area contributed by atoms with Gasteiger partial charge in [-0.15, -0.1) is 0 Å². The SMILES string of the molecule is C=CC(=O)N1C(C)CN(c2nc(OCCCN3CCOCC3)nc3c2CCN(c2cc(O)cc4c2/C=C\CCC=C4)C3)CC1C. The number of anilines is 2. The van der Waals surface area contributed by atoms with Crippen molar-refractivity contribution in [3.8, 4) is 11.8 Å². The van der Waals surface area contributed by atoms with E-state index in [-0.39, 0.29) is 23.7 Å². The van der Waals surface area contributed by atoms with Gasteiger partial charge in [-0.3, -0.25) is 9.69 Å². The number of aromatic hydroxyl groups is 1. The van der Waals surface area contributed by atoms with Gasteiger partial charge in [0.05, 0.1) is 32.1 Å². The molecular weight excluding hydrogens is 568 g/mol. The molecule has 0 saturated carbocycles. The number of morpholine rings is 1. The number of hydrogen-bond donors (Lipinski definition) is 1. The number of hydrogen-bond acceptors (Lipinski definition) is 9. The molecular formula is C35H46N6O4. The lowest BCUT2D eigenvalue weighted by molar-refractivity contribution is -0.130. The van der Waals surface area contributed by atoms with Crippen LogP contribution in [0.25, 0.3) is 12.2 Å². The zero-order chi connectivity index (χ0) is 31.3. The molecule has 2 fully saturated rings. The number of carbonyl (C=O) groups is 1. The summed E-state index contributed by atoms with van der Waals surface area (Å²) in [6.45, 7) is 15.5. The molecule has 2 unspecified atom stereocenters. The molecule has 1 aromatic carbocycles. The predicted octanol–water partition coefficient (Wildman–Crippen LogP) is 4.28. The van der Waals surface area contributed by atoms with Gasteiger partial charge >= 0.3 is 6.01 Å². The number of aromatic nitrogens is 2. The minimum atomic E-state index is -0.0378. The molecule has 0 radical (unpaired) electrons. The van der Waals surface area contributed by atoms with E-state index in [4.69, 9.17) is 19.4 Å². The summed E-state index contributed by atoms with van der Waals surface area (Å²) in [6.07, 6.45) is 13.7. The lowest BCUT2D eigenvalue weighted by Gasteiger charge is -2.45. The van der Waals surface area contributed by atoms with Crippen molar-refractivity contribution in [1.29, 1.82) is 0 Å². The highest BCUT2D eigenvalue weighted by Crippen LogP contribution is 2.37. The Morgan fingerprint density at radius 1 is 1.07 bits per heavy atom. The van der Waals surface area contributed by atoms with E-state index in [1.807, 2.05) is 17.0 Å². The van der Waals surface area contributed by atoms with E-state index in [2.05, 4.69) is 59.4 Å². The van der Waals surface area contributed by atoms with Crippen LogP contribution in [-0.2, 0) is 22.5 Å². The van der Waals surface area contributed by atoms with Crippen molar-refractivity contribution < 1.29 is 19.4 Å². The number of ether oxygens (including phenoxy) is 2. The lowest BCUT2D eigenvalue weighted by atomic mass is 9.97. The van der Waals surface area contributed by atoms with Crippen LogP contribution in [0, 0.1) is 0 Å². The van der Waals surface area contributed by atoms with Crippen LogP contribution in [-0.4, -0.2) is 102 Å². The first-order chi connectivity index (χ1) is 21.9. The molecule has 2 atom stereocenters. The van der Waals surface area contributed by atoms with Crippen LogP contribution in [0.3, 0.4) is 0 Å². The number of phenolic OH excluding ortho intramolecular Hbond substituents is 1. The van der Waals surface area contributed by atoms with E-state index in [0.717, 1.165) is 99.0 Å². The fourth-order valence-corrected chi connectivity index (χ4v) is 7.06. The Hall–Kier alpha value is -3.89. The molecule has 1 aromatic heterocycles. The first-order valence-corrected chi connectivity index (χ1v) is 16.4. The molecule has 4 heterocycles. The van der Waals surface area contributed by atoms with E-state index in [1.54, 1.807) is 0 Å². The normalized spacial score (nSPS) is 22.7. The zero-order valence-electron chi connectivity index (χ0n) is 26.7. The standard InChI is InChI=1S/C35H46N6O4/c1-4-33(43)41-25(2)22-40(23-26(41)3)34-30-12-14-39(32-21-28(42)20-27-10-7-5-6-8-11-29(27)32)24-31(30)36-35(37-34)45-17-9-13-38-15-18-44-19-16-38/h4,7-8,10-11,20-21,25-26,42H,1,5-6,9,12-19,22-24H2,2-3H3/b10-7?,11-8-. The fraction of sp³-hybridized carbons (Fsp3) is 0.514. The molecule has 45 heavy (non-hydrogen) atoms. The van der Waals surface area contributed by atoms with Crippen LogP contribution in [0.1, 0.15) is 55.5 Å². The molecule has 240 valence electrons. The maximum Gasteiger partial charge on any atom is 0.318 e. The van der Waals surface area contributed by atoms with Crippen molar-refractivity contribution in [1.82, 2.24) is 19.8 Å². The summed E-state index contributed by atoms with van der Waals surface area (Å²) >= 11 is 0. The minimum Gasteiger partial charge on any atom is -0.508 e. The molecule has 0 spiro atoms. The lowest BCUT2D eigenvalue weighted by Crippen LogP contribution is -2.58. The zero-order valence-corrected chi connectivity index (χ0v) is 26.7. The van der Waals surface area contributed by atoms with Crippen LogP contribution < -0.4 is 14.5 Å². The number of carbonyl (C=O) groups excluding carboxylic acids is 1. The van der Waals surface area contributed by atoms with E-state index in [0.29, 0.717) is 32.3 Å². The highest BCUT2D eigenvalue weighted by Gasteiger charge is 2.35. The van der Waals surface area contributed by atoms with Crippen molar-refractivity contribution in [2.24, 2.45) is 0 Å². The molecule has 4 aliphatic rings. The van der Waals surface area contributed by atoms with Gasteiger partial charge in [-0.25, -0.2) is 0 Å². The Morgan fingerprint density at radius 3 is 2.58 bits per heavy atom. The monoisotopic (exact) mass is 614 g/mol. The molecule has 0 bridgehead atoms. The van der Waals surface area contributed by atoms with Gasteiger partial charge in [-0.1, -0.05) is 30.9 Å². The van der Waals surface area contributed by atoms with Crippen molar-refractivity contribution in [3.63, 3.8) is 0 Å². The van der Waals surface area contributed by atoms with E-state index < -0.39 is 0 Å². The summed E-state index contributed by atoms with van der Waals surface area (Å²) in [4.78, 5) is 31.5. The smallest absolute Gasteiger partial charge is 0.318 e. The predicted molar refractivity (Wildman–Crippen MR) is 178 cm³/mol. The van der Waals surface area contributed by atoms with Gasteiger partial charge in [0.15, 0.2) is 0 Å². The number of fused-ring (bicyclic) bond motifs is 2. The summed E-state index contributed by atoms with van der Waals surface area (Å²) in [5, 5.41) is 10.7. The Labute approximate surface area is 266 Å². The number of phenols is 1. The molecule has 2 saturated heterocycles. The second kappa shape index (κ2) is 14.0. The molecule has 1 amide bonds. The van der Waals surface area contributed by atoms with Gasteiger partial charge in [0.2, 0.25) is 5.91 Å². The van der Waals surface area contributed by atoms with Crippen LogP contribution in [0.5, 0.6) is 11.8 Å². The summed E-state index contributed by atoms with van der Waals surface area (Å²) < 4.78 is 11.7. The van der Waals surface area contributed by atoms with Crippen molar-refractivity contribution in [2.75, 3.05) is 68.9 Å². The van der Waals surface area contributed by atoms with Gasteiger partial charge < -0.3 is 29.3 Å². The third-order valence-electron chi connectivity index (χ3n) is 9.22. The molecule has 2 aromatic rings.